The second kappa shape index (κ2) is 5.87. The highest BCUT2D eigenvalue weighted by Crippen LogP contribution is 2.26. The van der Waals surface area contributed by atoms with Crippen LogP contribution in [0.5, 0.6) is 5.75 Å². The third kappa shape index (κ3) is 2.82. The smallest absolute Gasteiger partial charge is 0.239 e. The Morgan fingerprint density at radius 3 is 2.67 bits per heavy atom. The van der Waals surface area contributed by atoms with E-state index in [2.05, 4.69) is 4.90 Å². The first-order valence-electron chi connectivity index (χ1n) is 6.39. The van der Waals surface area contributed by atoms with E-state index in [4.69, 9.17) is 10.5 Å². The Labute approximate surface area is 108 Å². The molecule has 1 saturated heterocycles. The molecule has 0 bridgehead atoms. The van der Waals surface area contributed by atoms with Gasteiger partial charge in [-0.15, -0.1) is 0 Å². The van der Waals surface area contributed by atoms with Gasteiger partial charge in [0.1, 0.15) is 11.8 Å². The van der Waals surface area contributed by atoms with Crippen LogP contribution in [0.15, 0.2) is 24.3 Å². The Hall–Kier alpha value is -1.55. The SMILES string of the molecule is COc1cccc(C(C(N)=O)N2CCCCC2)c1. The Bertz CT molecular complexity index is 414. The van der Waals surface area contributed by atoms with Gasteiger partial charge in [-0.25, -0.2) is 0 Å². The van der Waals surface area contributed by atoms with Crippen molar-refractivity contribution < 1.29 is 9.53 Å². The zero-order valence-electron chi connectivity index (χ0n) is 10.8. The van der Waals surface area contributed by atoms with E-state index in [1.54, 1.807) is 7.11 Å². The summed E-state index contributed by atoms with van der Waals surface area (Å²) in [7, 11) is 1.62. The fourth-order valence-electron chi connectivity index (χ4n) is 2.54. The maximum atomic E-state index is 11.7. The lowest BCUT2D eigenvalue weighted by molar-refractivity contribution is -0.123. The number of primary amides is 1. The predicted octanol–water partition coefficient (Wildman–Crippen LogP) is 1.71. The van der Waals surface area contributed by atoms with E-state index in [1.807, 2.05) is 24.3 Å². The number of likely N-dealkylation sites (tertiary alicyclic amines) is 1. The lowest BCUT2D eigenvalue weighted by atomic mass is 10.0. The summed E-state index contributed by atoms with van der Waals surface area (Å²) in [6.45, 7) is 1.87. The zero-order chi connectivity index (χ0) is 13.0. The number of nitrogens with two attached hydrogens (primary N) is 1. The average molecular weight is 248 g/mol. The van der Waals surface area contributed by atoms with Crippen molar-refractivity contribution in [3.05, 3.63) is 29.8 Å². The van der Waals surface area contributed by atoms with Crippen molar-refractivity contribution in [2.45, 2.75) is 25.3 Å². The van der Waals surface area contributed by atoms with Crippen molar-refractivity contribution in [3.8, 4) is 5.75 Å². The minimum Gasteiger partial charge on any atom is -0.497 e. The van der Waals surface area contributed by atoms with E-state index in [9.17, 15) is 4.79 Å². The monoisotopic (exact) mass is 248 g/mol. The van der Waals surface area contributed by atoms with Gasteiger partial charge in [0.2, 0.25) is 5.91 Å². The molecule has 0 saturated carbocycles. The number of nitrogens with zero attached hydrogens (tertiary/aromatic N) is 1. The standard InChI is InChI=1S/C14H20N2O2/c1-18-12-7-5-6-11(10-12)13(14(15)17)16-8-3-2-4-9-16/h5-7,10,13H,2-4,8-9H2,1H3,(H2,15,17). The summed E-state index contributed by atoms with van der Waals surface area (Å²) in [5.74, 6) is 0.473. The molecule has 1 aliphatic heterocycles. The number of hydrogen-bond acceptors (Lipinski definition) is 3. The Morgan fingerprint density at radius 1 is 1.33 bits per heavy atom. The number of amides is 1. The molecule has 0 aromatic heterocycles. The van der Waals surface area contributed by atoms with Crippen LogP contribution in [0.25, 0.3) is 0 Å². The van der Waals surface area contributed by atoms with Gasteiger partial charge in [-0.3, -0.25) is 9.69 Å². The normalized spacial score (nSPS) is 18.3. The van der Waals surface area contributed by atoms with Gasteiger partial charge in [-0.05, 0) is 43.6 Å². The molecule has 1 heterocycles. The molecule has 1 aromatic carbocycles. The summed E-state index contributed by atoms with van der Waals surface area (Å²) >= 11 is 0. The van der Waals surface area contributed by atoms with Crippen molar-refractivity contribution in [1.82, 2.24) is 4.90 Å². The molecule has 2 N–H and O–H groups in total. The van der Waals surface area contributed by atoms with Gasteiger partial charge in [0.05, 0.1) is 7.11 Å². The van der Waals surface area contributed by atoms with Crippen LogP contribution in [0.1, 0.15) is 30.9 Å². The number of carbonyl (C=O) groups is 1. The largest absolute Gasteiger partial charge is 0.497 e. The number of ether oxygens (including phenoxy) is 1. The van der Waals surface area contributed by atoms with E-state index < -0.39 is 0 Å². The molecule has 0 radical (unpaired) electrons. The van der Waals surface area contributed by atoms with Crippen LogP contribution >= 0.6 is 0 Å². The third-order valence-electron chi connectivity index (χ3n) is 3.43. The van der Waals surface area contributed by atoms with Crippen LogP contribution in [0.4, 0.5) is 0 Å². The highest BCUT2D eigenvalue weighted by atomic mass is 16.5. The molecule has 4 heteroatoms. The van der Waals surface area contributed by atoms with Crippen LogP contribution in [-0.2, 0) is 4.79 Å². The summed E-state index contributed by atoms with van der Waals surface area (Å²) in [6, 6.07) is 7.27. The van der Waals surface area contributed by atoms with Crippen molar-refractivity contribution >= 4 is 5.91 Å². The minimum absolute atomic E-state index is 0.287. The van der Waals surface area contributed by atoms with Gasteiger partial charge in [-0.2, -0.15) is 0 Å². The summed E-state index contributed by atoms with van der Waals surface area (Å²) in [5, 5.41) is 0. The highest BCUT2D eigenvalue weighted by molar-refractivity contribution is 5.81. The summed E-state index contributed by atoms with van der Waals surface area (Å²) in [6.07, 6.45) is 3.50. The van der Waals surface area contributed by atoms with Crippen molar-refractivity contribution in [2.24, 2.45) is 5.73 Å². The molecule has 1 fully saturated rings. The number of piperidine rings is 1. The number of hydrogen-bond donors (Lipinski definition) is 1. The molecule has 98 valence electrons. The van der Waals surface area contributed by atoms with E-state index in [-0.39, 0.29) is 11.9 Å². The van der Waals surface area contributed by atoms with Crippen LogP contribution in [0.3, 0.4) is 0 Å². The topological polar surface area (TPSA) is 55.6 Å². The van der Waals surface area contributed by atoms with Gasteiger partial charge < -0.3 is 10.5 Å². The van der Waals surface area contributed by atoms with Crippen LogP contribution in [0.2, 0.25) is 0 Å². The average Bonchev–Trinajstić information content (AvgIpc) is 2.40. The zero-order valence-corrected chi connectivity index (χ0v) is 10.8. The number of benzene rings is 1. The second-order valence-corrected chi connectivity index (χ2v) is 4.68. The lowest BCUT2D eigenvalue weighted by Crippen LogP contribution is -2.40. The van der Waals surface area contributed by atoms with Crippen molar-refractivity contribution in [2.75, 3.05) is 20.2 Å². The van der Waals surface area contributed by atoms with Gasteiger partial charge >= 0.3 is 0 Å². The number of methoxy groups -OCH3 is 1. The molecule has 1 aromatic rings. The molecule has 1 aliphatic rings. The first kappa shape index (κ1) is 12.9. The fourth-order valence-corrected chi connectivity index (χ4v) is 2.54. The summed E-state index contributed by atoms with van der Waals surface area (Å²) in [4.78, 5) is 13.9. The summed E-state index contributed by atoms with van der Waals surface area (Å²) in [5.41, 5.74) is 6.49. The highest BCUT2D eigenvalue weighted by Gasteiger charge is 2.27. The molecule has 1 atom stereocenters. The maximum absolute atomic E-state index is 11.7. The van der Waals surface area contributed by atoms with E-state index in [0.717, 1.165) is 37.2 Å². The molecule has 4 nitrogen and oxygen atoms in total. The van der Waals surface area contributed by atoms with Crippen molar-refractivity contribution in [3.63, 3.8) is 0 Å². The minimum atomic E-state index is -0.333. The van der Waals surface area contributed by atoms with E-state index in [1.165, 1.54) is 6.42 Å². The van der Waals surface area contributed by atoms with E-state index >= 15 is 0 Å². The quantitative estimate of drug-likeness (QED) is 0.882. The fraction of sp³-hybridized carbons (Fsp3) is 0.500. The van der Waals surface area contributed by atoms with Crippen LogP contribution < -0.4 is 10.5 Å². The first-order chi connectivity index (χ1) is 8.72. The molecule has 2 rings (SSSR count). The van der Waals surface area contributed by atoms with Gasteiger partial charge in [-0.1, -0.05) is 18.6 Å². The van der Waals surface area contributed by atoms with Gasteiger partial charge in [0.25, 0.3) is 0 Å². The number of rotatable bonds is 4. The summed E-state index contributed by atoms with van der Waals surface area (Å²) < 4.78 is 5.20. The van der Waals surface area contributed by atoms with Crippen molar-refractivity contribution in [1.29, 1.82) is 0 Å². The van der Waals surface area contributed by atoms with Crippen LogP contribution in [0, 0.1) is 0 Å². The molecule has 0 aliphatic carbocycles. The third-order valence-corrected chi connectivity index (χ3v) is 3.43. The Morgan fingerprint density at radius 2 is 2.06 bits per heavy atom. The molecule has 1 unspecified atom stereocenters. The lowest BCUT2D eigenvalue weighted by Gasteiger charge is -2.32. The second-order valence-electron chi connectivity index (χ2n) is 4.68. The molecular weight excluding hydrogens is 228 g/mol. The molecule has 1 amide bonds. The number of carbonyl (C=O) groups excluding carboxylic acids is 1. The Balaban J connectivity index is 2.25. The maximum Gasteiger partial charge on any atom is 0.239 e. The van der Waals surface area contributed by atoms with Gasteiger partial charge in [0.15, 0.2) is 0 Å². The van der Waals surface area contributed by atoms with Crippen LogP contribution in [-0.4, -0.2) is 31.0 Å². The molecule has 0 spiro atoms. The predicted molar refractivity (Wildman–Crippen MR) is 70.4 cm³/mol. The van der Waals surface area contributed by atoms with E-state index in [0.29, 0.717) is 0 Å². The van der Waals surface area contributed by atoms with Gasteiger partial charge in [0, 0.05) is 0 Å². The first-order valence-corrected chi connectivity index (χ1v) is 6.39. The molecule has 18 heavy (non-hydrogen) atoms. The Kier molecular flexibility index (Phi) is 4.20. The molecular formula is C14H20N2O2.